The highest BCUT2D eigenvalue weighted by molar-refractivity contribution is 5.87. The molecule has 1 aromatic rings. The summed E-state index contributed by atoms with van der Waals surface area (Å²) >= 11 is 0. The Labute approximate surface area is 299 Å². The third-order valence-corrected chi connectivity index (χ3v) is 8.75. The Kier molecular flexibility index (Phi) is 20.2. The van der Waals surface area contributed by atoms with Gasteiger partial charge in [-0.05, 0) is 81.1 Å². The average Bonchev–Trinajstić information content (AvgIpc) is 3.37. The molecule has 0 spiro atoms. The van der Waals surface area contributed by atoms with Gasteiger partial charge in [0.25, 0.3) is 5.09 Å². The molecule has 1 amide bonds. The van der Waals surface area contributed by atoms with Gasteiger partial charge in [0.1, 0.15) is 25.0 Å². The van der Waals surface area contributed by atoms with Crippen LogP contribution in [-0.2, 0) is 28.8 Å². The fourth-order valence-corrected chi connectivity index (χ4v) is 5.94. The number of allylic oxidation sites excluding steroid dienone is 2. The van der Waals surface area contributed by atoms with Crippen LogP contribution >= 0.6 is 0 Å². The van der Waals surface area contributed by atoms with E-state index >= 15 is 0 Å². The molecule has 2 rings (SSSR count). The first-order valence-electron chi connectivity index (χ1n) is 17.8. The zero-order valence-electron chi connectivity index (χ0n) is 30.0. The van der Waals surface area contributed by atoms with Crippen LogP contribution in [0.2, 0.25) is 0 Å². The quantitative estimate of drug-likeness (QED) is 0.0231. The van der Waals surface area contributed by atoms with Crippen LogP contribution in [0.25, 0.3) is 6.08 Å². The first-order chi connectivity index (χ1) is 24.4. The third-order valence-electron chi connectivity index (χ3n) is 8.75. The van der Waals surface area contributed by atoms with Crippen LogP contribution in [0.5, 0.6) is 11.5 Å². The second-order valence-electron chi connectivity index (χ2n) is 12.7. The molecule has 14 nitrogen and oxygen atoms in total. The summed E-state index contributed by atoms with van der Waals surface area (Å²) in [6, 6.07) is 3.62. The minimum absolute atomic E-state index is 0.108. The van der Waals surface area contributed by atoms with E-state index < -0.39 is 35.3 Å². The number of ether oxygens (including phenoxy) is 3. The standard InChI is InChI=1S/C37H54N2O12/c1-4-5-6-7-10-13-28(40)18-19-30-29(31(41)25-32(30)42)14-11-8-9-12-15-35(43)38-26(2)37(45)51-33-20-16-27(24-34(33)48-3)17-21-36(44)49-22-23-50-39(46)47/h8,11,16-17,20-21,24,26,29-32,41-42H,4-7,9-10,12-15,18-19,22-23,25H2,1-3H3,(H,38,43)/b11-8-,21-17+/t26?,29-,30-,31+,32-/m1/s1. The topological polar surface area (TPSA) is 201 Å². The lowest BCUT2D eigenvalue weighted by molar-refractivity contribution is -0.757. The minimum Gasteiger partial charge on any atom is -0.493 e. The summed E-state index contributed by atoms with van der Waals surface area (Å²) in [5, 5.41) is 32.8. The Morgan fingerprint density at radius 2 is 1.73 bits per heavy atom. The number of ketones is 1. The van der Waals surface area contributed by atoms with E-state index in [1.54, 1.807) is 6.07 Å². The molecule has 0 aromatic heterocycles. The number of aliphatic hydroxyl groups is 2. The fraction of sp³-hybridized carbons (Fsp3) is 0.622. The number of benzene rings is 1. The first kappa shape index (κ1) is 42.9. The monoisotopic (exact) mass is 718 g/mol. The maximum Gasteiger partial charge on any atom is 0.333 e. The van der Waals surface area contributed by atoms with Crippen molar-refractivity contribution in [3.63, 3.8) is 0 Å². The van der Waals surface area contributed by atoms with Crippen molar-refractivity contribution in [3.05, 3.63) is 52.1 Å². The SMILES string of the molecule is CCCCCCCC(=O)CC[C@@H]1[C@@H](C/C=C\CCCC(=O)NC(C)C(=O)Oc2ccc(/C=C/C(=O)OCCO[N+](=O)[O-])cc2OC)[C@@H](O)C[C@H]1O. The summed E-state index contributed by atoms with van der Waals surface area (Å²) in [7, 11) is 1.38. The lowest BCUT2D eigenvalue weighted by Crippen LogP contribution is -2.40. The molecular formula is C37H54N2O12. The van der Waals surface area contributed by atoms with E-state index in [2.05, 4.69) is 17.1 Å². The van der Waals surface area contributed by atoms with Gasteiger partial charge in [-0.15, -0.1) is 10.1 Å². The molecule has 0 saturated heterocycles. The van der Waals surface area contributed by atoms with Crippen molar-refractivity contribution in [2.24, 2.45) is 11.8 Å². The van der Waals surface area contributed by atoms with E-state index in [1.807, 2.05) is 12.2 Å². The van der Waals surface area contributed by atoms with Crippen LogP contribution in [0.4, 0.5) is 0 Å². The van der Waals surface area contributed by atoms with Crippen molar-refractivity contribution >= 4 is 29.7 Å². The van der Waals surface area contributed by atoms with E-state index in [0.29, 0.717) is 50.5 Å². The van der Waals surface area contributed by atoms with Crippen molar-refractivity contribution in [1.29, 1.82) is 0 Å². The van der Waals surface area contributed by atoms with Crippen LogP contribution < -0.4 is 14.8 Å². The van der Waals surface area contributed by atoms with Gasteiger partial charge in [-0.3, -0.25) is 9.59 Å². The molecule has 1 aliphatic rings. The average molecular weight is 719 g/mol. The Hall–Kier alpha value is -4.30. The number of carbonyl (C=O) groups excluding carboxylic acids is 4. The van der Waals surface area contributed by atoms with Crippen LogP contribution in [0, 0.1) is 22.0 Å². The Balaban J connectivity index is 1.72. The van der Waals surface area contributed by atoms with Crippen molar-refractivity contribution in [3.8, 4) is 11.5 Å². The van der Waals surface area contributed by atoms with Crippen LogP contribution in [-0.4, -0.2) is 77.5 Å². The van der Waals surface area contributed by atoms with Gasteiger partial charge in [0, 0.05) is 25.3 Å². The molecule has 1 aliphatic carbocycles. The molecule has 14 heteroatoms. The van der Waals surface area contributed by atoms with Crippen LogP contribution in [0.15, 0.2) is 36.4 Å². The molecule has 0 bridgehead atoms. The highest BCUT2D eigenvalue weighted by Gasteiger charge is 2.40. The zero-order chi connectivity index (χ0) is 37.6. The minimum atomic E-state index is -0.987. The summed E-state index contributed by atoms with van der Waals surface area (Å²) < 4.78 is 15.5. The number of esters is 2. The van der Waals surface area contributed by atoms with Gasteiger partial charge in [-0.1, -0.05) is 50.8 Å². The highest BCUT2D eigenvalue weighted by Crippen LogP contribution is 2.38. The summed E-state index contributed by atoms with van der Waals surface area (Å²) in [6.07, 6.45) is 14.5. The van der Waals surface area contributed by atoms with Gasteiger partial charge < -0.3 is 34.6 Å². The fourth-order valence-electron chi connectivity index (χ4n) is 5.94. The number of hydrogen-bond acceptors (Lipinski definition) is 12. The number of nitrogens with one attached hydrogen (secondary N) is 1. The number of aliphatic hydroxyl groups excluding tert-OH is 2. The largest absolute Gasteiger partial charge is 0.493 e. The van der Waals surface area contributed by atoms with Crippen LogP contribution in [0.3, 0.4) is 0 Å². The molecule has 3 N–H and O–H groups in total. The third kappa shape index (κ3) is 17.0. The molecule has 1 fully saturated rings. The van der Waals surface area contributed by atoms with E-state index in [0.717, 1.165) is 31.8 Å². The number of methoxy groups -OCH3 is 1. The molecule has 1 saturated carbocycles. The van der Waals surface area contributed by atoms with Crippen molar-refractivity contribution < 1.29 is 53.5 Å². The Bertz CT molecular complexity index is 1330. The van der Waals surface area contributed by atoms with Gasteiger partial charge >= 0.3 is 11.9 Å². The van der Waals surface area contributed by atoms with Crippen LogP contribution in [0.1, 0.15) is 103 Å². The van der Waals surface area contributed by atoms with Gasteiger partial charge in [0.2, 0.25) is 5.91 Å². The zero-order valence-corrected chi connectivity index (χ0v) is 30.0. The Morgan fingerprint density at radius 1 is 0.980 bits per heavy atom. The van der Waals surface area contributed by atoms with E-state index in [-0.39, 0.29) is 54.7 Å². The van der Waals surface area contributed by atoms with E-state index in [1.165, 1.54) is 38.7 Å². The van der Waals surface area contributed by atoms with Crippen molar-refractivity contribution in [1.82, 2.24) is 5.32 Å². The lowest BCUT2D eigenvalue weighted by atomic mass is 9.86. The van der Waals surface area contributed by atoms with Crippen molar-refractivity contribution in [2.75, 3.05) is 20.3 Å². The van der Waals surface area contributed by atoms with Gasteiger partial charge in [0.15, 0.2) is 11.5 Å². The molecule has 1 unspecified atom stereocenters. The normalized spacial score (nSPS) is 19.2. The number of rotatable bonds is 25. The molecule has 51 heavy (non-hydrogen) atoms. The number of hydrogen-bond donors (Lipinski definition) is 3. The van der Waals surface area contributed by atoms with Gasteiger partial charge in [-0.25, -0.2) is 9.59 Å². The summed E-state index contributed by atoms with van der Waals surface area (Å²) in [4.78, 5) is 63.5. The second-order valence-corrected chi connectivity index (χ2v) is 12.7. The number of Topliss-reactive ketones (excluding diaryl/α,β-unsaturated/α-hetero) is 1. The number of carbonyl (C=O) groups is 4. The maximum absolute atomic E-state index is 12.7. The smallest absolute Gasteiger partial charge is 0.333 e. The van der Waals surface area contributed by atoms with E-state index in [9.17, 15) is 39.5 Å². The Morgan fingerprint density at radius 3 is 2.45 bits per heavy atom. The number of unbranched alkanes of at least 4 members (excludes halogenated alkanes) is 5. The predicted octanol–water partition coefficient (Wildman–Crippen LogP) is 5.05. The second kappa shape index (κ2) is 24.0. The summed E-state index contributed by atoms with van der Waals surface area (Å²) in [6.45, 7) is 2.98. The first-order valence-corrected chi connectivity index (χ1v) is 17.8. The summed E-state index contributed by atoms with van der Waals surface area (Å²) in [5.74, 6) is -1.46. The lowest BCUT2D eigenvalue weighted by Gasteiger charge is -2.22. The molecule has 284 valence electrons. The highest BCUT2D eigenvalue weighted by atomic mass is 17.0. The van der Waals surface area contributed by atoms with Gasteiger partial charge in [-0.2, -0.15) is 0 Å². The molecule has 1 aromatic carbocycles. The van der Waals surface area contributed by atoms with Gasteiger partial charge in [0.05, 0.1) is 19.3 Å². The maximum atomic E-state index is 12.7. The molecular weight excluding hydrogens is 664 g/mol. The molecule has 0 radical (unpaired) electrons. The number of amides is 1. The van der Waals surface area contributed by atoms with E-state index in [4.69, 9.17) is 14.2 Å². The molecule has 5 atom stereocenters. The molecule has 0 heterocycles. The number of nitrogens with zero attached hydrogens (tertiary/aromatic N) is 1. The molecule has 0 aliphatic heterocycles. The predicted molar refractivity (Wildman–Crippen MR) is 188 cm³/mol. The summed E-state index contributed by atoms with van der Waals surface area (Å²) in [5.41, 5.74) is 0.521. The van der Waals surface area contributed by atoms with Crippen molar-refractivity contribution in [2.45, 2.75) is 116 Å².